The number of nitrogens with zero attached hydrogens (tertiary/aromatic N) is 3. The molecule has 0 aliphatic carbocycles. The molecule has 1 aliphatic rings. The maximum atomic E-state index is 12.1. The van der Waals surface area contributed by atoms with Crippen molar-refractivity contribution in [3.05, 3.63) is 60.8 Å². The predicted octanol–water partition coefficient (Wildman–Crippen LogP) is -5.19. The summed E-state index contributed by atoms with van der Waals surface area (Å²) in [6.45, 7) is -1.81. The SMILES string of the molecule is O=C(CO)N[C@H]1[C@H]([C@H](O)[C@H](O)CO)O[C@@](OCCCn2cc(-c3ccc(-c4ccccc4)cc3)nn2)(C(=O)[O-])C[C@@H]1O.[Na+]. The number of ether oxygens (including phenoxy) is 2. The van der Waals surface area contributed by atoms with Crippen molar-refractivity contribution >= 4 is 11.9 Å². The maximum absolute atomic E-state index is 12.1. The van der Waals surface area contributed by atoms with Gasteiger partial charge in [0.1, 0.15) is 36.6 Å². The third-order valence-electron chi connectivity index (χ3n) is 6.97. The smallest absolute Gasteiger partial charge is 0.544 e. The first-order valence-electron chi connectivity index (χ1n) is 13.3. The van der Waals surface area contributed by atoms with Crippen LogP contribution in [0, 0.1) is 0 Å². The minimum absolute atomic E-state index is 0. The Morgan fingerprint density at radius 1 is 1.09 bits per heavy atom. The Hall–Kier alpha value is -2.76. The predicted molar refractivity (Wildman–Crippen MR) is 143 cm³/mol. The van der Waals surface area contributed by atoms with Crippen LogP contribution >= 0.6 is 0 Å². The summed E-state index contributed by atoms with van der Waals surface area (Å²) in [5, 5.41) is 72.0. The van der Waals surface area contributed by atoms with Crippen LogP contribution in [0.25, 0.3) is 22.4 Å². The third kappa shape index (κ3) is 8.45. The molecule has 0 unspecified atom stereocenters. The number of benzene rings is 2. The number of aliphatic hydroxyl groups is 5. The molecule has 4 rings (SSSR count). The number of hydrogen-bond acceptors (Lipinski definition) is 12. The molecular formula is C28H33N4NaO10. The van der Waals surface area contributed by atoms with E-state index in [1.165, 1.54) is 0 Å². The van der Waals surface area contributed by atoms with Crippen molar-refractivity contribution in [3.8, 4) is 22.4 Å². The van der Waals surface area contributed by atoms with E-state index in [1.54, 1.807) is 10.9 Å². The van der Waals surface area contributed by atoms with Gasteiger partial charge in [0.05, 0.1) is 31.6 Å². The Kier molecular flexibility index (Phi) is 12.8. The zero-order valence-electron chi connectivity index (χ0n) is 23.5. The summed E-state index contributed by atoms with van der Waals surface area (Å²) in [6, 6.07) is 16.3. The number of rotatable bonds is 13. The summed E-state index contributed by atoms with van der Waals surface area (Å²) in [4.78, 5) is 23.9. The molecule has 0 bridgehead atoms. The van der Waals surface area contributed by atoms with Crippen molar-refractivity contribution in [2.45, 2.75) is 55.6 Å². The molecule has 6 N–H and O–H groups in total. The number of hydrogen-bond donors (Lipinski definition) is 6. The summed E-state index contributed by atoms with van der Waals surface area (Å²) in [6.07, 6.45) is -5.86. The zero-order chi connectivity index (χ0) is 30.3. The van der Waals surface area contributed by atoms with E-state index in [9.17, 15) is 35.1 Å². The molecule has 226 valence electrons. The molecule has 6 atom stereocenters. The van der Waals surface area contributed by atoms with E-state index in [4.69, 9.17) is 14.6 Å². The van der Waals surface area contributed by atoms with Crippen LogP contribution < -0.4 is 40.0 Å². The minimum atomic E-state index is -2.55. The van der Waals surface area contributed by atoms with Gasteiger partial charge < -0.3 is 50.2 Å². The van der Waals surface area contributed by atoms with Crippen molar-refractivity contribution in [2.24, 2.45) is 0 Å². The van der Waals surface area contributed by atoms with Gasteiger partial charge in [-0.25, -0.2) is 0 Å². The normalized spacial score (nSPS) is 23.1. The average molecular weight is 609 g/mol. The summed E-state index contributed by atoms with van der Waals surface area (Å²) in [5.74, 6) is -5.35. The first-order valence-corrected chi connectivity index (χ1v) is 13.3. The molecule has 1 amide bonds. The molecular weight excluding hydrogens is 575 g/mol. The van der Waals surface area contributed by atoms with Gasteiger partial charge in [-0.2, -0.15) is 0 Å². The molecule has 2 heterocycles. The topological polar surface area (TPSA) is 220 Å². The molecule has 1 fully saturated rings. The molecule has 0 saturated carbocycles. The van der Waals surface area contributed by atoms with Gasteiger partial charge in [-0.15, -0.1) is 5.10 Å². The fourth-order valence-electron chi connectivity index (χ4n) is 4.73. The van der Waals surface area contributed by atoms with E-state index in [1.807, 2.05) is 54.6 Å². The van der Waals surface area contributed by atoms with Crippen molar-refractivity contribution in [1.82, 2.24) is 20.3 Å². The Morgan fingerprint density at radius 2 is 1.74 bits per heavy atom. The number of carbonyl (C=O) groups is 2. The van der Waals surface area contributed by atoms with Gasteiger partial charge in [0.15, 0.2) is 0 Å². The van der Waals surface area contributed by atoms with Crippen LogP contribution in [0.1, 0.15) is 12.8 Å². The van der Waals surface area contributed by atoms with E-state index in [2.05, 4.69) is 15.6 Å². The number of aliphatic hydroxyl groups excluding tert-OH is 5. The molecule has 1 aromatic heterocycles. The van der Waals surface area contributed by atoms with Gasteiger partial charge in [-0.05, 0) is 17.5 Å². The van der Waals surface area contributed by atoms with Crippen molar-refractivity contribution in [3.63, 3.8) is 0 Å². The Labute approximate surface area is 269 Å². The van der Waals surface area contributed by atoms with Crippen LogP contribution in [-0.2, 0) is 25.6 Å². The second-order valence-electron chi connectivity index (χ2n) is 9.90. The van der Waals surface area contributed by atoms with Crippen LogP contribution in [0.3, 0.4) is 0 Å². The second kappa shape index (κ2) is 15.8. The number of carboxylic acids is 1. The first-order chi connectivity index (χ1) is 20.2. The molecule has 1 aliphatic heterocycles. The standard InChI is InChI=1S/C28H34N4O10.Na/c33-15-22(36)25(38)26-24(29-23(37)16-34)21(35)13-28(42-26,27(39)40)41-12-4-11-32-14-20(30-31-32)19-9-7-18(8-10-19)17-5-2-1-3-6-17;/h1-3,5-10,14,21-22,24-26,33-36,38H,4,11-13,15-16H2,(H,29,37)(H,39,40);/q;+1/p-1/t21-,22+,24+,25+,26+,28+;/m0./s1. The number of nitrogens with one attached hydrogen (secondary N) is 1. The second-order valence-corrected chi connectivity index (χ2v) is 9.90. The fourth-order valence-corrected chi connectivity index (χ4v) is 4.73. The number of amides is 1. The van der Waals surface area contributed by atoms with Crippen LogP contribution in [-0.4, -0.2) is 108 Å². The molecule has 3 aromatic rings. The number of carboxylic acid groups (broad SMARTS) is 1. The van der Waals surface area contributed by atoms with E-state index in [-0.39, 0.29) is 49.1 Å². The van der Waals surface area contributed by atoms with Crippen molar-refractivity contribution in [1.29, 1.82) is 0 Å². The van der Waals surface area contributed by atoms with Crippen molar-refractivity contribution < 1.29 is 79.3 Å². The Morgan fingerprint density at radius 3 is 2.37 bits per heavy atom. The van der Waals surface area contributed by atoms with E-state index in [0.717, 1.165) is 16.7 Å². The molecule has 15 heteroatoms. The molecule has 0 spiro atoms. The van der Waals surface area contributed by atoms with Crippen molar-refractivity contribution in [2.75, 3.05) is 19.8 Å². The van der Waals surface area contributed by atoms with Crippen LogP contribution in [0.5, 0.6) is 0 Å². The van der Waals surface area contributed by atoms with Gasteiger partial charge in [-0.1, -0.05) is 59.8 Å². The zero-order valence-corrected chi connectivity index (χ0v) is 25.5. The third-order valence-corrected chi connectivity index (χ3v) is 6.97. The molecule has 14 nitrogen and oxygen atoms in total. The van der Waals surface area contributed by atoms with E-state index < -0.39 is 67.8 Å². The monoisotopic (exact) mass is 608 g/mol. The van der Waals surface area contributed by atoms with Gasteiger partial charge in [0, 0.05) is 18.5 Å². The van der Waals surface area contributed by atoms with Crippen LogP contribution in [0.2, 0.25) is 0 Å². The van der Waals surface area contributed by atoms with Crippen LogP contribution in [0.4, 0.5) is 0 Å². The van der Waals surface area contributed by atoms with Gasteiger partial charge in [0.25, 0.3) is 0 Å². The maximum Gasteiger partial charge on any atom is 1.00 e. The number of carbonyl (C=O) groups excluding carboxylic acids is 2. The average Bonchev–Trinajstić information content (AvgIpc) is 3.49. The van der Waals surface area contributed by atoms with E-state index >= 15 is 0 Å². The summed E-state index contributed by atoms with van der Waals surface area (Å²) < 4.78 is 12.6. The summed E-state index contributed by atoms with van der Waals surface area (Å²) in [7, 11) is 0. The fraction of sp³-hybridized carbons (Fsp3) is 0.429. The molecule has 1 saturated heterocycles. The molecule has 0 radical (unpaired) electrons. The number of aliphatic carboxylic acids is 1. The Bertz CT molecular complexity index is 1330. The first kappa shape index (κ1) is 34.7. The summed E-state index contributed by atoms with van der Waals surface area (Å²) >= 11 is 0. The number of aryl methyl sites for hydroxylation is 1. The van der Waals surface area contributed by atoms with E-state index in [0.29, 0.717) is 5.69 Å². The molecule has 2 aromatic carbocycles. The van der Waals surface area contributed by atoms with Gasteiger partial charge in [-0.3, -0.25) is 9.48 Å². The van der Waals surface area contributed by atoms with Crippen LogP contribution in [0.15, 0.2) is 60.8 Å². The largest absolute Gasteiger partial charge is 1.00 e. The quantitative estimate of drug-likeness (QED) is 0.0792. The Balaban J connectivity index is 0.00000506. The van der Waals surface area contributed by atoms with Gasteiger partial charge >= 0.3 is 29.6 Å². The number of aromatic nitrogens is 3. The minimum Gasteiger partial charge on any atom is -0.544 e. The molecule has 43 heavy (non-hydrogen) atoms. The van der Waals surface area contributed by atoms with Gasteiger partial charge in [0.2, 0.25) is 11.7 Å². The summed E-state index contributed by atoms with van der Waals surface area (Å²) in [5.41, 5.74) is 3.64.